The summed E-state index contributed by atoms with van der Waals surface area (Å²) in [6.45, 7) is 16.1. The van der Waals surface area contributed by atoms with Crippen LogP contribution in [0.2, 0.25) is 39.3 Å². The average Bonchev–Trinajstić information content (AvgIpc) is 2.74. The largest absolute Gasteiger partial charge is 0.320 e. The molecule has 0 aliphatic heterocycles. The molecule has 1 aliphatic carbocycles. The van der Waals surface area contributed by atoms with Crippen LogP contribution < -0.4 is 0 Å². The van der Waals surface area contributed by atoms with Crippen molar-refractivity contribution in [3.8, 4) is 0 Å². The zero-order valence-electron chi connectivity index (χ0n) is 20.8. The Morgan fingerprint density at radius 2 is 0.875 bits per heavy atom. The highest BCUT2D eigenvalue weighted by molar-refractivity contribution is 6.73. The van der Waals surface area contributed by atoms with Crippen molar-refractivity contribution in [2.75, 3.05) is 0 Å². The predicted molar refractivity (Wildman–Crippen MR) is 144 cm³/mol. The molecule has 0 atom stereocenters. The summed E-state index contributed by atoms with van der Waals surface area (Å²) in [7, 11) is -3.10. The Hall–Kier alpha value is -2.19. The van der Waals surface area contributed by atoms with Gasteiger partial charge in [-0.15, -0.1) is 0 Å². The molecule has 1 saturated carbocycles. The molecule has 1 aliphatic rings. The van der Waals surface area contributed by atoms with E-state index in [1.54, 1.807) is 0 Å². The van der Waals surface area contributed by atoms with E-state index in [0.29, 0.717) is 0 Å². The summed E-state index contributed by atoms with van der Waals surface area (Å²) in [6, 6.07) is 21.5. The minimum atomic E-state index is -1.55. The van der Waals surface area contributed by atoms with Crippen LogP contribution in [0, 0.1) is 0 Å². The van der Waals surface area contributed by atoms with Gasteiger partial charge in [0.1, 0.15) is 0 Å². The summed E-state index contributed by atoms with van der Waals surface area (Å²) >= 11 is 0. The van der Waals surface area contributed by atoms with Crippen LogP contribution in [0.3, 0.4) is 0 Å². The van der Waals surface area contributed by atoms with E-state index >= 15 is 0 Å². The summed E-state index contributed by atoms with van der Waals surface area (Å²) in [5, 5.41) is 10.4. The van der Waals surface area contributed by atoms with Crippen molar-refractivity contribution in [1.82, 2.24) is 9.35 Å². The summed E-state index contributed by atoms with van der Waals surface area (Å²) in [4.78, 5) is 0. The second-order valence-corrected chi connectivity index (χ2v) is 20.5. The molecule has 6 heteroatoms. The second kappa shape index (κ2) is 10.6. The number of rotatable bonds is 8. The van der Waals surface area contributed by atoms with Crippen molar-refractivity contribution in [3.05, 3.63) is 71.8 Å². The summed E-state index contributed by atoms with van der Waals surface area (Å²) < 4.78 is 4.78. The number of hydrogen-bond donors (Lipinski definition) is 0. The Bertz CT molecular complexity index is 823. The summed E-state index contributed by atoms with van der Waals surface area (Å²) in [5.74, 6) is 0. The Balaban J connectivity index is 1.68. The third-order valence-electron chi connectivity index (χ3n) is 5.83. The maximum atomic E-state index is 5.18. The third kappa shape index (κ3) is 7.45. The van der Waals surface area contributed by atoms with E-state index in [1.165, 1.54) is 22.6 Å². The first-order valence-electron chi connectivity index (χ1n) is 11.9. The second-order valence-electron chi connectivity index (χ2n) is 10.8. The van der Waals surface area contributed by atoms with Gasteiger partial charge in [0.15, 0.2) is 16.5 Å². The smallest absolute Gasteiger partial charge is 0.169 e. The van der Waals surface area contributed by atoms with E-state index in [0.717, 1.165) is 38.8 Å². The SMILES string of the molecule is C[Si](C)(C)N(Cc1ccccc1)N=C1CCC(=NN(Cc2ccccc2)[Si](C)(C)C)CC1. The van der Waals surface area contributed by atoms with Crippen LogP contribution in [-0.2, 0) is 13.1 Å². The molecule has 0 unspecified atom stereocenters. The highest BCUT2D eigenvalue weighted by Gasteiger charge is 2.26. The molecule has 2 aromatic carbocycles. The quantitative estimate of drug-likeness (QED) is 0.313. The number of nitrogens with zero attached hydrogens (tertiary/aromatic N) is 4. The summed E-state index contributed by atoms with van der Waals surface area (Å²) in [5.41, 5.74) is 5.35. The number of hydrogen-bond acceptors (Lipinski definition) is 4. The van der Waals surface area contributed by atoms with Crippen LogP contribution in [0.25, 0.3) is 0 Å². The molecule has 0 bridgehead atoms. The van der Waals surface area contributed by atoms with E-state index in [-0.39, 0.29) is 0 Å². The van der Waals surface area contributed by atoms with Gasteiger partial charge in [-0.05, 0) is 36.8 Å². The molecule has 2 aromatic rings. The maximum Gasteiger partial charge on any atom is 0.169 e. The van der Waals surface area contributed by atoms with Gasteiger partial charge in [0.05, 0.1) is 13.1 Å². The number of hydrazone groups is 2. The first-order valence-corrected chi connectivity index (χ1v) is 18.8. The molecule has 172 valence electrons. The minimum absolute atomic E-state index is 0.904. The minimum Gasteiger partial charge on any atom is -0.320 e. The maximum absolute atomic E-state index is 5.18. The Morgan fingerprint density at radius 1 is 0.562 bits per heavy atom. The van der Waals surface area contributed by atoms with Crippen molar-refractivity contribution >= 4 is 27.9 Å². The fourth-order valence-corrected chi connectivity index (χ4v) is 5.92. The van der Waals surface area contributed by atoms with Crippen LogP contribution in [-0.4, -0.2) is 37.2 Å². The van der Waals surface area contributed by atoms with E-state index in [2.05, 4.69) is 109 Å². The molecule has 4 nitrogen and oxygen atoms in total. The first kappa shape index (κ1) is 24.5. The van der Waals surface area contributed by atoms with E-state index in [4.69, 9.17) is 10.2 Å². The molecule has 1 fully saturated rings. The molecule has 0 aromatic heterocycles. The van der Waals surface area contributed by atoms with Gasteiger partial charge in [0.25, 0.3) is 0 Å². The van der Waals surface area contributed by atoms with Crippen LogP contribution in [0.4, 0.5) is 0 Å². The fourth-order valence-electron chi connectivity index (χ4n) is 3.73. The standard InChI is InChI=1S/C26H40N4Si2/c1-31(2,3)29(21-23-13-9-7-10-14-23)27-25-17-19-26(20-18-25)28-30(32(4,5)6)22-24-15-11-8-12-16-24/h7-16H,17-22H2,1-6H3. The molecular formula is C26H40N4Si2. The Morgan fingerprint density at radius 3 is 1.16 bits per heavy atom. The van der Waals surface area contributed by atoms with Gasteiger partial charge >= 0.3 is 0 Å². The molecule has 0 heterocycles. The predicted octanol–water partition coefficient (Wildman–Crippen LogP) is 6.95. The zero-order chi connectivity index (χ0) is 23.2. The average molecular weight is 465 g/mol. The highest BCUT2D eigenvalue weighted by Crippen LogP contribution is 2.22. The molecule has 0 radical (unpaired) electrons. The molecule has 3 rings (SSSR count). The lowest BCUT2D eigenvalue weighted by molar-refractivity contribution is 0.435. The van der Waals surface area contributed by atoms with Gasteiger partial charge in [-0.25, -0.2) is 0 Å². The molecule has 0 spiro atoms. The number of benzene rings is 2. The van der Waals surface area contributed by atoms with Crippen LogP contribution in [0.5, 0.6) is 0 Å². The van der Waals surface area contributed by atoms with Crippen LogP contribution in [0.1, 0.15) is 36.8 Å². The van der Waals surface area contributed by atoms with E-state index in [9.17, 15) is 0 Å². The van der Waals surface area contributed by atoms with E-state index < -0.39 is 16.5 Å². The van der Waals surface area contributed by atoms with Crippen molar-refractivity contribution < 1.29 is 0 Å². The van der Waals surface area contributed by atoms with Gasteiger partial charge in [0.2, 0.25) is 0 Å². The molecule has 0 amide bonds. The summed E-state index contributed by atoms with van der Waals surface area (Å²) in [6.07, 6.45) is 4.11. The van der Waals surface area contributed by atoms with Crippen molar-refractivity contribution in [1.29, 1.82) is 0 Å². The van der Waals surface area contributed by atoms with Gasteiger partial charge < -0.3 is 9.35 Å². The molecular weight excluding hydrogens is 424 g/mol. The lowest BCUT2D eigenvalue weighted by Gasteiger charge is -2.34. The van der Waals surface area contributed by atoms with Crippen molar-refractivity contribution in [2.45, 2.75) is 78.1 Å². The van der Waals surface area contributed by atoms with Crippen LogP contribution >= 0.6 is 0 Å². The Labute approximate surface area is 197 Å². The first-order chi connectivity index (χ1) is 15.1. The lowest BCUT2D eigenvalue weighted by Crippen LogP contribution is -2.43. The van der Waals surface area contributed by atoms with Crippen LogP contribution in [0.15, 0.2) is 70.9 Å². The zero-order valence-corrected chi connectivity index (χ0v) is 22.8. The normalized spacial score (nSPS) is 14.8. The fraction of sp³-hybridized carbons (Fsp3) is 0.462. The van der Waals surface area contributed by atoms with Crippen molar-refractivity contribution in [2.24, 2.45) is 10.2 Å². The molecule has 0 N–H and O–H groups in total. The topological polar surface area (TPSA) is 31.2 Å². The lowest BCUT2D eigenvalue weighted by atomic mass is 9.97. The van der Waals surface area contributed by atoms with Crippen molar-refractivity contribution in [3.63, 3.8) is 0 Å². The molecule has 32 heavy (non-hydrogen) atoms. The Kier molecular flexibility index (Phi) is 8.12. The van der Waals surface area contributed by atoms with E-state index in [1.807, 2.05) is 0 Å². The third-order valence-corrected chi connectivity index (χ3v) is 9.44. The molecule has 0 saturated heterocycles. The van der Waals surface area contributed by atoms with Gasteiger partial charge in [-0.2, -0.15) is 10.2 Å². The monoisotopic (exact) mass is 464 g/mol. The van der Waals surface area contributed by atoms with Gasteiger partial charge in [-0.1, -0.05) is 99.9 Å². The highest BCUT2D eigenvalue weighted by atomic mass is 28.3. The van der Waals surface area contributed by atoms with Gasteiger partial charge in [-0.3, -0.25) is 0 Å². The van der Waals surface area contributed by atoms with Gasteiger partial charge in [0, 0.05) is 11.4 Å².